The first kappa shape index (κ1) is 23.5. The van der Waals surface area contributed by atoms with Crippen LogP contribution >= 0.6 is 11.3 Å². The smallest absolute Gasteiger partial charge is 0.246 e. The van der Waals surface area contributed by atoms with Gasteiger partial charge in [-0.3, -0.25) is 14.6 Å². The van der Waals surface area contributed by atoms with Crippen molar-refractivity contribution in [2.75, 3.05) is 13.1 Å². The first-order valence-corrected chi connectivity index (χ1v) is 12.8. The van der Waals surface area contributed by atoms with Crippen molar-refractivity contribution in [3.8, 4) is 0 Å². The molecule has 1 spiro atoms. The molecule has 3 aromatic rings. The number of nitrogens with one attached hydrogen (secondary N) is 1. The number of piperidine rings is 1. The van der Waals surface area contributed by atoms with Crippen LogP contribution in [0.15, 0.2) is 72.4 Å². The largest absolute Gasteiger partial charge is 0.370 e. The van der Waals surface area contributed by atoms with E-state index in [9.17, 15) is 9.59 Å². The second-order valence-electron chi connectivity index (χ2n) is 9.18. The molecule has 1 aromatic carbocycles. The molecule has 0 bridgehead atoms. The maximum Gasteiger partial charge on any atom is 0.246 e. The summed E-state index contributed by atoms with van der Waals surface area (Å²) in [7, 11) is 0. The molecule has 1 N–H and O–H groups in total. The molecular formula is C28H29N3O3S. The van der Waals surface area contributed by atoms with E-state index in [1.807, 2.05) is 46.7 Å². The maximum absolute atomic E-state index is 12.9. The van der Waals surface area contributed by atoms with E-state index in [2.05, 4.69) is 28.5 Å². The molecule has 6 nitrogen and oxygen atoms in total. The highest BCUT2D eigenvalue weighted by Gasteiger charge is 2.54. The number of thiophene rings is 1. The zero-order valence-electron chi connectivity index (χ0n) is 19.7. The summed E-state index contributed by atoms with van der Waals surface area (Å²) < 4.78 is 6.61. The van der Waals surface area contributed by atoms with Crippen LogP contribution in [0.25, 0.3) is 6.08 Å². The molecule has 2 amide bonds. The summed E-state index contributed by atoms with van der Waals surface area (Å²) in [5.41, 5.74) is 3.10. The molecule has 2 atom stereocenters. The van der Waals surface area contributed by atoms with Crippen LogP contribution in [0.1, 0.15) is 47.4 Å². The lowest BCUT2D eigenvalue weighted by molar-refractivity contribution is -0.129. The number of likely N-dealkylation sites (tertiary alicyclic amines) is 1. The molecule has 1 fully saturated rings. The molecule has 5 rings (SSSR count). The Hall–Kier alpha value is -3.29. The van der Waals surface area contributed by atoms with Crippen LogP contribution in [0.5, 0.6) is 0 Å². The van der Waals surface area contributed by atoms with Gasteiger partial charge in [0.1, 0.15) is 0 Å². The van der Waals surface area contributed by atoms with E-state index in [1.54, 1.807) is 36.7 Å². The number of amides is 2. The molecule has 0 saturated carbocycles. The van der Waals surface area contributed by atoms with Crippen molar-refractivity contribution in [1.29, 1.82) is 0 Å². The molecule has 2 aliphatic rings. The SMILES string of the molecule is CC(=O)N[C@@H]1c2ccccc2C2(CCN(C(=O)/C=C/c3cccs3)CC2)[C@H]1OCc1ccncc1. The van der Waals surface area contributed by atoms with Gasteiger partial charge in [-0.1, -0.05) is 30.3 Å². The van der Waals surface area contributed by atoms with Crippen LogP contribution in [-0.2, 0) is 26.3 Å². The van der Waals surface area contributed by atoms with Gasteiger partial charge in [0, 0.05) is 48.8 Å². The minimum Gasteiger partial charge on any atom is -0.370 e. The second-order valence-corrected chi connectivity index (χ2v) is 10.2. The van der Waals surface area contributed by atoms with Crippen molar-refractivity contribution in [2.24, 2.45) is 0 Å². The predicted molar refractivity (Wildman–Crippen MR) is 137 cm³/mol. The van der Waals surface area contributed by atoms with Gasteiger partial charge in [-0.25, -0.2) is 0 Å². The minimum absolute atomic E-state index is 0.0344. The van der Waals surface area contributed by atoms with Gasteiger partial charge in [-0.15, -0.1) is 11.3 Å². The van der Waals surface area contributed by atoms with E-state index in [-0.39, 0.29) is 29.4 Å². The maximum atomic E-state index is 12.9. The zero-order chi connectivity index (χ0) is 24.3. The molecule has 1 aliphatic heterocycles. The second kappa shape index (κ2) is 10.1. The van der Waals surface area contributed by atoms with Crippen molar-refractivity contribution in [3.63, 3.8) is 0 Å². The minimum atomic E-state index is -0.273. The molecule has 3 heterocycles. The third kappa shape index (κ3) is 4.79. The highest BCUT2D eigenvalue weighted by Crippen LogP contribution is 2.52. The van der Waals surface area contributed by atoms with E-state index in [1.165, 1.54) is 5.56 Å². The Morgan fingerprint density at radius 1 is 1.14 bits per heavy atom. The summed E-state index contributed by atoms with van der Waals surface area (Å²) >= 11 is 1.62. The number of ether oxygens (including phenoxy) is 1. The molecule has 0 radical (unpaired) electrons. The lowest BCUT2D eigenvalue weighted by atomic mass is 9.71. The first-order valence-electron chi connectivity index (χ1n) is 11.9. The fraction of sp³-hybridized carbons (Fsp3) is 0.321. The Bertz CT molecular complexity index is 1200. The number of hydrogen-bond acceptors (Lipinski definition) is 5. The third-order valence-electron chi connectivity index (χ3n) is 7.12. The topological polar surface area (TPSA) is 71.5 Å². The van der Waals surface area contributed by atoms with Crippen molar-refractivity contribution in [1.82, 2.24) is 15.2 Å². The van der Waals surface area contributed by atoms with Crippen LogP contribution < -0.4 is 5.32 Å². The number of rotatable bonds is 6. The summed E-state index contributed by atoms with van der Waals surface area (Å²) in [6, 6.07) is 16.0. The highest BCUT2D eigenvalue weighted by molar-refractivity contribution is 7.10. The van der Waals surface area contributed by atoms with Gasteiger partial charge in [-0.2, -0.15) is 0 Å². The van der Waals surface area contributed by atoms with Crippen LogP contribution in [0.4, 0.5) is 0 Å². The van der Waals surface area contributed by atoms with Crippen molar-refractivity contribution < 1.29 is 14.3 Å². The van der Waals surface area contributed by atoms with Crippen molar-refractivity contribution in [2.45, 2.75) is 43.9 Å². The molecule has 0 unspecified atom stereocenters. The number of fused-ring (bicyclic) bond motifs is 2. The highest BCUT2D eigenvalue weighted by atomic mass is 32.1. The van der Waals surface area contributed by atoms with Crippen molar-refractivity contribution in [3.05, 3.63) is 93.9 Å². The van der Waals surface area contributed by atoms with Gasteiger partial charge in [0.15, 0.2) is 0 Å². The molecule has 1 saturated heterocycles. The Morgan fingerprint density at radius 2 is 1.91 bits per heavy atom. The van der Waals surface area contributed by atoms with Gasteiger partial charge in [0.25, 0.3) is 0 Å². The number of pyridine rings is 1. The number of carbonyl (C=O) groups is 2. The average molecular weight is 488 g/mol. The van der Waals surface area contributed by atoms with Gasteiger partial charge in [0.05, 0.1) is 18.8 Å². The standard InChI is InChI=1S/C28H29N3O3S/c1-20(32)30-26-23-6-2-3-7-24(23)28(27(26)34-19-21-10-14-29-15-11-21)12-16-31(17-13-28)25(33)9-8-22-5-4-18-35-22/h2-11,14-15,18,26-27H,12-13,16-17,19H2,1H3,(H,30,32)/b9-8+/t26-,27+/m1/s1. The number of hydrogen-bond donors (Lipinski definition) is 1. The Balaban J connectivity index is 1.39. The van der Waals surface area contributed by atoms with Crippen LogP contribution in [0, 0.1) is 0 Å². The van der Waals surface area contributed by atoms with Gasteiger partial charge in [0.2, 0.25) is 11.8 Å². The Kier molecular flexibility index (Phi) is 6.79. The van der Waals surface area contributed by atoms with Gasteiger partial charge >= 0.3 is 0 Å². The van der Waals surface area contributed by atoms with Crippen LogP contribution in [0.3, 0.4) is 0 Å². The molecule has 180 valence electrons. The first-order chi connectivity index (χ1) is 17.1. The number of benzene rings is 1. The van der Waals surface area contributed by atoms with Crippen molar-refractivity contribution >= 4 is 29.2 Å². The Morgan fingerprint density at radius 3 is 2.63 bits per heavy atom. The fourth-order valence-corrected chi connectivity index (χ4v) is 6.09. The summed E-state index contributed by atoms with van der Waals surface area (Å²) in [5, 5.41) is 5.16. The summed E-state index contributed by atoms with van der Waals surface area (Å²) in [4.78, 5) is 32.2. The van der Waals surface area contributed by atoms with Gasteiger partial charge in [-0.05, 0) is 59.2 Å². The monoisotopic (exact) mass is 487 g/mol. The molecule has 35 heavy (non-hydrogen) atoms. The number of aromatic nitrogens is 1. The normalized spacial score (nSPS) is 20.8. The number of nitrogens with zero attached hydrogens (tertiary/aromatic N) is 2. The molecular weight excluding hydrogens is 458 g/mol. The van der Waals surface area contributed by atoms with Crippen LogP contribution in [-0.4, -0.2) is 40.9 Å². The van der Waals surface area contributed by atoms with E-state index in [0.29, 0.717) is 19.7 Å². The molecule has 7 heteroatoms. The van der Waals surface area contributed by atoms with Crippen LogP contribution in [0.2, 0.25) is 0 Å². The summed E-state index contributed by atoms with van der Waals surface area (Å²) in [6.45, 7) is 3.27. The van der Waals surface area contributed by atoms with E-state index in [0.717, 1.165) is 28.8 Å². The average Bonchev–Trinajstić information content (AvgIpc) is 3.48. The zero-order valence-corrected chi connectivity index (χ0v) is 20.5. The summed E-state index contributed by atoms with van der Waals surface area (Å²) in [6.07, 6.45) is 8.41. The fourth-order valence-electron chi connectivity index (χ4n) is 5.48. The molecule has 1 aliphatic carbocycles. The van der Waals surface area contributed by atoms with E-state index < -0.39 is 0 Å². The van der Waals surface area contributed by atoms with Gasteiger partial charge < -0.3 is 15.0 Å². The lowest BCUT2D eigenvalue weighted by Crippen LogP contribution is -2.51. The Labute approximate surface area is 209 Å². The predicted octanol–water partition coefficient (Wildman–Crippen LogP) is 4.49. The number of carbonyl (C=O) groups excluding carboxylic acids is 2. The third-order valence-corrected chi connectivity index (χ3v) is 7.96. The quantitative estimate of drug-likeness (QED) is 0.520. The van der Waals surface area contributed by atoms with E-state index in [4.69, 9.17) is 4.74 Å². The summed E-state index contributed by atoms with van der Waals surface area (Å²) in [5.74, 6) is -0.0436. The lowest BCUT2D eigenvalue weighted by Gasteiger charge is -2.44. The molecule has 2 aromatic heterocycles. The van der Waals surface area contributed by atoms with E-state index >= 15 is 0 Å².